The van der Waals surface area contributed by atoms with Gasteiger partial charge >= 0.3 is 0 Å². The molecule has 1 aromatic carbocycles. The predicted octanol–water partition coefficient (Wildman–Crippen LogP) is 3.25. The fraction of sp³-hybridized carbons (Fsp3) is 0.600. The van der Waals surface area contributed by atoms with E-state index in [1.165, 1.54) is 15.6 Å². The van der Waals surface area contributed by atoms with E-state index in [1.54, 1.807) is 0 Å². The molecule has 3 heteroatoms. The number of nitrogens with one attached hydrogen (secondary N) is 1. The lowest BCUT2D eigenvalue weighted by molar-refractivity contribution is 0.0858. The molecule has 1 saturated heterocycles. The third kappa shape index (κ3) is 3.68. The van der Waals surface area contributed by atoms with Gasteiger partial charge in [0.1, 0.15) is 0 Å². The second-order valence-electron chi connectivity index (χ2n) is 5.86. The van der Waals surface area contributed by atoms with Crippen molar-refractivity contribution in [1.29, 1.82) is 0 Å². The van der Waals surface area contributed by atoms with Crippen LogP contribution < -0.4 is 5.32 Å². The van der Waals surface area contributed by atoms with Gasteiger partial charge in [0, 0.05) is 34.8 Å². The van der Waals surface area contributed by atoms with Crippen molar-refractivity contribution in [3.63, 3.8) is 0 Å². The van der Waals surface area contributed by atoms with Crippen molar-refractivity contribution >= 4 is 22.6 Å². The average molecular weight is 358 g/mol. The smallest absolute Gasteiger partial charge is 0.0253 e. The third-order valence-corrected chi connectivity index (χ3v) is 4.42. The van der Waals surface area contributed by atoms with E-state index in [9.17, 15) is 0 Å². The van der Waals surface area contributed by atoms with Crippen LogP contribution in [0, 0.1) is 3.57 Å². The monoisotopic (exact) mass is 358 g/mol. The van der Waals surface area contributed by atoms with Crippen molar-refractivity contribution < 1.29 is 0 Å². The molecule has 1 heterocycles. The Morgan fingerprint density at radius 1 is 1.33 bits per heavy atom. The topological polar surface area (TPSA) is 15.3 Å². The number of piperazine rings is 1. The molecule has 1 unspecified atom stereocenters. The zero-order chi connectivity index (χ0) is 13.2. The highest BCUT2D eigenvalue weighted by molar-refractivity contribution is 14.1. The van der Waals surface area contributed by atoms with Gasteiger partial charge in [-0.3, -0.25) is 4.90 Å². The van der Waals surface area contributed by atoms with Crippen molar-refractivity contribution in [1.82, 2.24) is 10.2 Å². The van der Waals surface area contributed by atoms with Crippen molar-refractivity contribution in [2.45, 2.75) is 45.3 Å². The number of nitrogens with zero attached hydrogens (tertiary/aromatic N) is 1. The number of hydrogen-bond acceptors (Lipinski definition) is 2. The Morgan fingerprint density at radius 3 is 2.61 bits per heavy atom. The van der Waals surface area contributed by atoms with Crippen LogP contribution in [-0.4, -0.2) is 29.6 Å². The Hall–Kier alpha value is -0.130. The van der Waals surface area contributed by atoms with Gasteiger partial charge in [-0.2, -0.15) is 0 Å². The van der Waals surface area contributed by atoms with Gasteiger partial charge in [-0.1, -0.05) is 19.1 Å². The van der Waals surface area contributed by atoms with Crippen molar-refractivity contribution in [2.24, 2.45) is 0 Å². The molecule has 0 aliphatic carbocycles. The van der Waals surface area contributed by atoms with Crippen LogP contribution in [0.3, 0.4) is 0 Å². The van der Waals surface area contributed by atoms with Gasteiger partial charge in [0.05, 0.1) is 0 Å². The van der Waals surface area contributed by atoms with E-state index < -0.39 is 0 Å². The van der Waals surface area contributed by atoms with Crippen LogP contribution in [0.2, 0.25) is 0 Å². The van der Waals surface area contributed by atoms with Crippen LogP contribution in [0.4, 0.5) is 0 Å². The molecule has 0 saturated carbocycles. The number of rotatable bonds is 3. The third-order valence-electron chi connectivity index (χ3n) is 3.70. The molecule has 1 N–H and O–H groups in total. The second-order valence-corrected chi connectivity index (χ2v) is 7.10. The molecular weight excluding hydrogens is 335 g/mol. The molecule has 2 nitrogen and oxygen atoms in total. The summed E-state index contributed by atoms with van der Waals surface area (Å²) in [5.41, 5.74) is 1.65. The SMILES string of the molecule is CCC1CNC(C)(C)CN1Cc1ccc(I)cc1. The molecule has 0 radical (unpaired) electrons. The average Bonchev–Trinajstić information content (AvgIpc) is 2.31. The maximum atomic E-state index is 3.64. The molecule has 1 aliphatic rings. The predicted molar refractivity (Wildman–Crippen MR) is 85.7 cm³/mol. The minimum absolute atomic E-state index is 0.231. The van der Waals surface area contributed by atoms with E-state index in [2.05, 4.69) is 77.8 Å². The zero-order valence-electron chi connectivity index (χ0n) is 11.5. The van der Waals surface area contributed by atoms with E-state index in [1.807, 2.05) is 0 Å². The van der Waals surface area contributed by atoms with Crippen molar-refractivity contribution in [2.75, 3.05) is 13.1 Å². The van der Waals surface area contributed by atoms with Crippen LogP contribution >= 0.6 is 22.6 Å². The number of halogens is 1. The molecule has 1 aliphatic heterocycles. The van der Waals surface area contributed by atoms with Gasteiger partial charge in [0.2, 0.25) is 0 Å². The van der Waals surface area contributed by atoms with E-state index in [0.29, 0.717) is 6.04 Å². The van der Waals surface area contributed by atoms with Crippen LogP contribution in [0.25, 0.3) is 0 Å². The quantitative estimate of drug-likeness (QED) is 0.835. The highest BCUT2D eigenvalue weighted by atomic mass is 127. The number of hydrogen-bond donors (Lipinski definition) is 1. The Bertz CT molecular complexity index is 386. The minimum Gasteiger partial charge on any atom is -0.309 e. The summed E-state index contributed by atoms with van der Waals surface area (Å²) in [6, 6.07) is 9.57. The van der Waals surface area contributed by atoms with Crippen LogP contribution in [0.1, 0.15) is 32.8 Å². The van der Waals surface area contributed by atoms with Crippen LogP contribution in [0.15, 0.2) is 24.3 Å². The number of benzene rings is 1. The first kappa shape index (κ1) is 14.3. The molecule has 1 fully saturated rings. The largest absolute Gasteiger partial charge is 0.309 e. The molecule has 0 spiro atoms. The van der Waals surface area contributed by atoms with E-state index in [0.717, 1.165) is 19.6 Å². The first-order valence-electron chi connectivity index (χ1n) is 6.74. The second kappa shape index (κ2) is 5.88. The van der Waals surface area contributed by atoms with Gasteiger partial charge in [-0.15, -0.1) is 0 Å². The highest BCUT2D eigenvalue weighted by Gasteiger charge is 2.31. The molecule has 1 atom stereocenters. The standard InChI is InChI=1S/C15H23IN2/c1-4-14-9-17-15(2,3)11-18(14)10-12-5-7-13(16)8-6-12/h5-8,14,17H,4,9-11H2,1-3H3. The molecule has 2 rings (SSSR count). The molecular formula is C15H23IN2. The normalized spacial score (nSPS) is 24.1. The lowest BCUT2D eigenvalue weighted by atomic mass is 9.97. The van der Waals surface area contributed by atoms with Gasteiger partial charge in [-0.25, -0.2) is 0 Å². The lowest BCUT2D eigenvalue weighted by Gasteiger charge is -2.44. The van der Waals surface area contributed by atoms with Crippen molar-refractivity contribution in [3.05, 3.63) is 33.4 Å². The first-order chi connectivity index (χ1) is 8.50. The Balaban J connectivity index is 2.07. The van der Waals surface area contributed by atoms with Gasteiger partial charge < -0.3 is 5.32 Å². The summed E-state index contributed by atoms with van der Waals surface area (Å²) < 4.78 is 1.31. The minimum atomic E-state index is 0.231. The first-order valence-corrected chi connectivity index (χ1v) is 7.81. The summed E-state index contributed by atoms with van der Waals surface area (Å²) in [5, 5.41) is 3.64. The molecule has 1 aromatic rings. The van der Waals surface area contributed by atoms with Gasteiger partial charge in [0.25, 0.3) is 0 Å². The lowest BCUT2D eigenvalue weighted by Crippen LogP contribution is -2.60. The van der Waals surface area contributed by atoms with Crippen molar-refractivity contribution in [3.8, 4) is 0 Å². The van der Waals surface area contributed by atoms with E-state index >= 15 is 0 Å². The van der Waals surface area contributed by atoms with Crippen LogP contribution in [0.5, 0.6) is 0 Å². The van der Waals surface area contributed by atoms with Gasteiger partial charge in [-0.05, 0) is 60.6 Å². The summed E-state index contributed by atoms with van der Waals surface area (Å²) in [6.45, 7) is 10.2. The zero-order valence-corrected chi connectivity index (χ0v) is 13.7. The molecule has 18 heavy (non-hydrogen) atoms. The molecule has 0 amide bonds. The Labute approximate surface area is 124 Å². The van der Waals surface area contributed by atoms with E-state index in [4.69, 9.17) is 0 Å². The summed E-state index contributed by atoms with van der Waals surface area (Å²) in [5.74, 6) is 0. The summed E-state index contributed by atoms with van der Waals surface area (Å²) in [7, 11) is 0. The van der Waals surface area contributed by atoms with Crippen LogP contribution in [-0.2, 0) is 6.54 Å². The maximum absolute atomic E-state index is 3.64. The molecule has 0 bridgehead atoms. The summed E-state index contributed by atoms with van der Waals surface area (Å²) in [4.78, 5) is 2.62. The Morgan fingerprint density at radius 2 is 2.00 bits per heavy atom. The fourth-order valence-electron chi connectivity index (χ4n) is 2.63. The molecule has 100 valence electrons. The van der Waals surface area contributed by atoms with E-state index in [-0.39, 0.29) is 5.54 Å². The highest BCUT2D eigenvalue weighted by Crippen LogP contribution is 2.20. The summed E-state index contributed by atoms with van der Waals surface area (Å²) in [6.07, 6.45) is 1.22. The molecule has 0 aromatic heterocycles. The summed E-state index contributed by atoms with van der Waals surface area (Å²) >= 11 is 2.36. The Kier molecular flexibility index (Phi) is 4.67. The van der Waals surface area contributed by atoms with Gasteiger partial charge in [0.15, 0.2) is 0 Å². The maximum Gasteiger partial charge on any atom is 0.0253 e. The fourth-order valence-corrected chi connectivity index (χ4v) is 2.99.